The average Bonchev–Trinajstić information content (AvgIpc) is 2.98. The fraction of sp³-hybridized carbons (Fsp3) is 0.889. The van der Waals surface area contributed by atoms with Crippen LogP contribution in [0.5, 0.6) is 0 Å². The number of rotatable bonds is 14. The molecule has 0 amide bonds. The Bertz CT molecular complexity index is 611. The maximum Gasteiger partial charge on any atom is 0.0651 e. The van der Waals surface area contributed by atoms with Gasteiger partial charge in [-0.1, -0.05) is 24.3 Å². The minimum atomic E-state index is 0.766. The van der Waals surface area contributed by atoms with Crippen LogP contribution in [0.1, 0.15) is 116 Å². The van der Waals surface area contributed by atoms with Gasteiger partial charge in [0, 0.05) is 27.4 Å². The van der Waals surface area contributed by atoms with Gasteiger partial charge in [0.25, 0.3) is 0 Å². The molecular formula is C36H62O3. The summed E-state index contributed by atoms with van der Waals surface area (Å²) in [4.78, 5) is 0. The highest BCUT2D eigenvalue weighted by Gasteiger charge is 2.31. The van der Waals surface area contributed by atoms with Crippen molar-refractivity contribution in [2.45, 2.75) is 116 Å². The van der Waals surface area contributed by atoms with E-state index in [0.29, 0.717) is 0 Å². The zero-order chi connectivity index (χ0) is 27.1. The highest BCUT2D eigenvalue weighted by molar-refractivity contribution is 4.90. The predicted octanol–water partition coefficient (Wildman–Crippen LogP) is 9.41. The minimum absolute atomic E-state index is 0.766. The molecule has 0 unspecified atom stereocenters. The molecule has 0 radical (unpaired) electrons. The van der Waals surface area contributed by atoms with Gasteiger partial charge in [0.1, 0.15) is 0 Å². The molecule has 39 heavy (non-hydrogen) atoms. The zero-order valence-electron chi connectivity index (χ0n) is 25.7. The normalized spacial score (nSPS) is 36.6. The lowest BCUT2D eigenvalue weighted by Gasteiger charge is -2.37. The SMILES string of the molecule is COC[C@H]1CC[C@H]([C@H]2CC[C@H](CC=CCOCC=CC[C@H]3CC[C@H]([C@H]4CC[C@H](COC)CC4)CC3)CC2)CC1. The van der Waals surface area contributed by atoms with E-state index in [4.69, 9.17) is 14.2 Å². The van der Waals surface area contributed by atoms with E-state index in [0.717, 1.165) is 73.8 Å². The Balaban J connectivity index is 0.967. The molecular weight excluding hydrogens is 480 g/mol. The lowest BCUT2D eigenvalue weighted by molar-refractivity contribution is 0.0935. The molecule has 0 heterocycles. The predicted molar refractivity (Wildman–Crippen MR) is 164 cm³/mol. The standard InChI is InChI=1S/C36H62O3/c1-37-27-31-13-21-35(22-14-31)33-17-9-29(10-18-33)7-3-5-25-39-26-6-4-8-30-11-19-34(20-12-30)36-23-15-32(16-24-36)28-38-2/h3-6,29-36H,7-28H2,1-2H3/t29-,30-,31-,32-,33-,34-,35-,36-. The number of allylic oxidation sites excluding steroid dienone is 2. The van der Waals surface area contributed by atoms with Gasteiger partial charge in [-0.3, -0.25) is 0 Å². The first-order valence-electron chi connectivity index (χ1n) is 17.1. The molecule has 4 aliphatic carbocycles. The summed E-state index contributed by atoms with van der Waals surface area (Å²) >= 11 is 0. The number of hydrogen-bond donors (Lipinski definition) is 0. The molecule has 0 aromatic carbocycles. The van der Waals surface area contributed by atoms with E-state index in [1.54, 1.807) is 0 Å². The van der Waals surface area contributed by atoms with Crippen LogP contribution in [-0.2, 0) is 14.2 Å². The second-order valence-corrected chi connectivity index (χ2v) is 14.0. The van der Waals surface area contributed by atoms with Crippen molar-refractivity contribution in [3.63, 3.8) is 0 Å². The quantitative estimate of drug-likeness (QED) is 0.162. The number of hydrogen-bond acceptors (Lipinski definition) is 3. The van der Waals surface area contributed by atoms with Crippen LogP contribution in [0, 0.1) is 47.3 Å². The van der Waals surface area contributed by atoms with E-state index in [1.165, 1.54) is 116 Å². The van der Waals surface area contributed by atoms with Crippen molar-refractivity contribution in [3.05, 3.63) is 24.3 Å². The second-order valence-electron chi connectivity index (χ2n) is 14.0. The van der Waals surface area contributed by atoms with Crippen LogP contribution in [0.4, 0.5) is 0 Å². The van der Waals surface area contributed by atoms with E-state index in [2.05, 4.69) is 24.3 Å². The highest BCUT2D eigenvalue weighted by atomic mass is 16.5. The Morgan fingerprint density at radius 2 is 0.718 bits per heavy atom. The van der Waals surface area contributed by atoms with Gasteiger partial charge in [-0.2, -0.15) is 0 Å². The number of ether oxygens (including phenoxy) is 3. The van der Waals surface area contributed by atoms with Gasteiger partial charge in [-0.25, -0.2) is 0 Å². The van der Waals surface area contributed by atoms with E-state index < -0.39 is 0 Å². The Kier molecular flexibility index (Phi) is 14.5. The van der Waals surface area contributed by atoms with E-state index in [-0.39, 0.29) is 0 Å². The lowest BCUT2D eigenvalue weighted by atomic mass is 9.69. The average molecular weight is 543 g/mol. The monoisotopic (exact) mass is 542 g/mol. The van der Waals surface area contributed by atoms with Crippen molar-refractivity contribution < 1.29 is 14.2 Å². The molecule has 0 aromatic rings. The molecule has 0 aromatic heterocycles. The smallest absolute Gasteiger partial charge is 0.0651 e. The zero-order valence-corrected chi connectivity index (χ0v) is 25.7. The maximum atomic E-state index is 5.87. The third-order valence-electron chi connectivity index (χ3n) is 11.4. The summed E-state index contributed by atoms with van der Waals surface area (Å²) in [5.41, 5.74) is 0. The van der Waals surface area contributed by atoms with Crippen LogP contribution in [0.15, 0.2) is 24.3 Å². The van der Waals surface area contributed by atoms with Crippen LogP contribution in [0.3, 0.4) is 0 Å². The van der Waals surface area contributed by atoms with Gasteiger partial charge in [0.2, 0.25) is 0 Å². The lowest BCUT2D eigenvalue weighted by Crippen LogP contribution is -2.26. The first kappa shape index (κ1) is 31.3. The summed E-state index contributed by atoms with van der Waals surface area (Å²) in [5.74, 6) is 7.49. The molecule has 3 nitrogen and oxygen atoms in total. The molecule has 4 saturated carbocycles. The third kappa shape index (κ3) is 10.9. The fourth-order valence-corrected chi connectivity index (χ4v) is 8.83. The van der Waals surface area contributed by atoms with Gasteiger partial charge >= 0.3 is 0 Å². The summed E-state index contributed by atoms with van der Waals surface area (Å²) in [6.45, 7) is 3.48. The van der Waals surface area contributed by atoms with Crippen LogP contribution in [0.2, 0.25) is 0 Å². The van der Waals surface area contributed by atoms with Gasteiger partial charge in [0.05, 0.1) is 13.2 Å². The topological polar surface area (TPSA) is 27.7 Å². The summed E-state index contributed by atoms with van der Waals surface area (Å²) in [7, 11) is 3.71. The van der Waals surface area contributed by atoms with Crippen molar-refractivity contribution in [2.24, 2.45) is 47.3 Å². The molecule has 0 saturated heterocycles. The molecule has 0 bridgehead atoms. The Labute approximate surface area is 241 Å². The Morgan fingerprint density at radius 1 is 0.410 bits per heavy atom. The van der Waals surface area contributed by atoms with Crippen LogP contribution in [0.25, 0.3) is 0 Å². The molecule has 0 spiro atoms. The molecule has 4 rings (SSSR count). The summed E-state index contributed by atoms with van der Waals surface area (Å²) in [6, 6.07) is 0. The molecule has 224 valence electrons. The fourth-order valence-electron chi connectivity index (χ4n) is 8.83. The minimum Gasteiger partial charge on any atom is -0.384 e. The number of methoxy groups -OCH3 is 2. The summed E-state index contributed by atoms with van der Waals surface area (Å²) < 4.78 is 16.6. The Morgan fingerprint density at radius 3 is 1.03 bits per heavy atom. The van der Waals surface area contributed by atoms with E-state index in [9.17, 15) is 0 Å². The first-order valence-corrected chi connectivity index (χ1v) is 17.1. The van der Waals surface area contributed by atoms with Crippen molar-refractivity contribution >= 4 is 0 Å². The summed E-state index contributed by atoms with van der Waals surface area (Å²) in [6.07, 6.45) is 34.9. The van der Waals surface area contributed by atoms with E-state index in [1.807, 2.05) is 14.2 Å². The molecule has 4 fully saturated rings. The van der Waals surface area contributed by atoms with Crippen LogP contribution >= 0.6 is 0 Å². The van der Waals surface area contributed by atoms with Gasteiger partial charge in [0.15, 0.2) is 0 Å². The molecule has 0 N–H and O–H groups in total. The molecule has 0 aliphatic heterocycles. The van der Waals surface area contributed by atoms with Crippen molar-refractivity contribution in [1.29, 1.82) is 0 Å². The van der Waals surface area contributed by atoms with Crippen LogP contribution < -0.4 is 0 Å². The molecule has 3 heteroatoms. The van der Waals surface area contributed by atoms with Crippen molar-refractivity contribution in [3.8, 4) is 0 Å². The largest absolute Gasteiger partial charge is 0.384 e. The van der Waals surface area contributed by atoms with Crippen molar-refractivity contribution in [2.75, 3.05) is 40.6 Å². The van der Waals surface area contributed by atoms with Gasteiger partial charge < -0.3 is 14.2 Å². The Hall–Kier alpha value is -0.640. The maximum absolute atomic E-state index is 5.87. The van der Waals surface area contributed by atoms with Crippen molar-refractivity contribution in [1.82, 2.24) is 0 Å². The third-order valence-corrected chi connectivity index (χ3v) is 11.4. The highest BCUT2D eigenvalue weighted by Crippen LogP contribution is 2.43. The van der Waals surface area contributed by atoms with Crippen LogP contribution in [-0.4, -0.2) is 40.6 Å². The molecule has 0 atom stereocenters. The van der Waals surface area contributed by atoms with Gasteiger partial charge in [-0.05, 0) is 163 Å². The first-order chi connectivity index (χ1) is 19.2. The van der Waals surface area contributed by atoms with E-state index >= 15 is 0 Å². The molecule has 4 aliphatic rings. The summed E-state index contributed by atoms with van der Waals surface area (Å²) in [5, 5.41) is 0. The second kappa shape index (κ2) is 18.0. The van der Waals surface area contributed by atoms with Gasteiger partial charge in [-0.15, -0.1) is 0 Å².